The number of halogens is 1. The van der Waals surface area contributed by atoms with Crippen molar-refractivity contribution in [3.05, 3.63) is 38.9 Å². The van der Waals surface area contributed by atoms with Gasteiger partial charge < -0.3 is 14.8 Å². The van der Waals surface area contributed by atoms with Crippen LogP contribution in [0.25, 0.3) is 0 Å². The molecule has 0 radical (unpaired) electrons. The summed E-state index contributed by atoms with van der Waals surface area (Å²) in [4.78, 5) is 21.8. The van der Waals surface area contributed by atoms with Gasteiger partial charge in [-0.3, -0.25) is 14.9 Å². The Morgan fingerprint density at radius 2 is 2.11 bits per heavy atom. The molecule has 1 aromatic rings. The van der Waals surface area contributed by atoms with Crippen LogP contribution in [0.5, 0.6) is 0 Å². The molecule has 0 aliphatic rings. The van der Waals surface area contributed by atoms with Gasteiger partial charge in [-0.15, -0.1) is 0 Å². The van der Waals surface area contributed by atoms with E-state index in [9.17, 15) is 14.9 Å². The van der Waals surface area contributed by atoms with Crippen molar-refractivity contribution in [2.75, 3.05) is 20.8 Å². The molecular weight excluding hydrogens is 276 g/mol. The van der Waals surface area contributed by atoms with Crippen LogP contribution < -0.4 is 5.32 Å². The average molecular weight is 289 g/mol. The van der Waals surface area contributed by atoms with E-state index in [1.807, 2.05) is 0 Å². The number of nitro groups is 1. The SMILES string of the molecule is COC(CNC(=O)c1ccc(Cl)c([N+](=O)[O-])c1)OC. The normalized spacial score (nSPS) is 10.5. The summed E-state index contributed by atoms with van der Waals surface area (Å²) in [5, 5.41) is 13.2. The van der Waals surface area contributed by atoms with Gasteiger partial charge in [0.15, 0.2) is 6.29 Å². The van der Waals surface area contributed by atoms with E-state index >= 15 is 0 Å². The fourth-order valence-corrected chi connectivity index (χ4v) is 1.52. The van der Waals surface area contributed by atoms with E-state index in [1.54, 1.807) is 0 Å². The Balaban J connectivity index is 2.77. The van der Waals surface area contributed by atoms with Crippen LogP contribution in [0.3, 0.4) is 0 Å². The molecule has 0 fully saturated rings. The minimum atomic E-state index is -0.647. The van der Waals surface area contributed by atoms with Crippen LogP contribution >= 0.6 is 11.6 Å². The second-order valence-corrected chi connectivity index (χ2v) is 3.94. The number of carbonyl (C=O) groups excluding carboxylic acids is 1. The van der Waals surface area contributed by atoms with Gasteiger partial charge >= 0.3 is 0 Å². The van der Waals surface area contributed by atoms with E-state index in [-0.39, 0.29) is 22.8 Å². The topological polar surface area (TPSA) is 90.7 Å². The summed E-state index contributed by atoms with van der Waals surface area (Å²) in [5.41, 5.74) is -0.175. The van der Waals surface area contributed by atoms with E-state index in [2.05, 4.69) is 5.32 Å². The molecule has 0 unspecified atom stereocenters. The first kappa shape index (κ1) is 15.4. The van der Waals surface area contributed by atoms with E-state index in [1.165, 1.54) is 26.4 Å². The molecule has 0 atom stereocenters. The Kier molecular flexibility index (Phi) is 5.68. The molecule has 0 spiro atoms. The van der Waals surface area contributed by atoms with E-state index in [0.29, 0.717) is 0 Å². The van der Waals surface area contributed by atoms with Gasteiger partial charge in [0.25, 0.3) is 11.6 Å². The molecule has 7 nitrogen and oxygen atoms in total. The third-order valence-corrected chi connectivity index (χ3v) is 2.68. The lowest BCUT2D eigenvalue weighted by molar-refractivity contribution is -0.384. The first-order chi connectivity index (χ1) is 8.99. The number of hydrogen-bond acceptors (Lipinski definition) is 5. The monoisotopic (exact) mass is 288 g/mol. The summed E-state index contributed by atoms with van der Waals surface area (Å²) in [6, 6.07) is 3.82. The average Bonchev–Trinajstić information content (AvgIpc) is 2.39. The maximum Gasteiger partial charge on any atom is 0.288 e. The van der Waals surface area contributed by atoms with Crippen molar-refractivity contribution in [3.8, 4) is 0 Å². The number of amides is 1. The van der Waals surface area contributed by atoms with Crippen molar-refractivity contribution in [2.45, 2.75) is 6.29 Å². The summed E-state index contributed by atoms with van der Waals surface area (Å²) >= 11 is 5.65. The number of methoxy groups -OCH3 is 2. The number of nitro benzene ring substituents is 1. The van der Waals surface area contributed by atoms with E-state index in [0.717, 1.165) is 6.07 Å². The third-order valence-electron chi connectivity index (χ3n) is 2.36. The largest absolute Gasteiger partial charge is 0.354 e. The van der Waals surface area contributed by atoms with Crippen LogP contribution in [-0.2, 0) is 9.47 Å². The fraction of sp³-hybridized carbons (Fsp3) is 0.364. The van der Waals surface area contributed by atoms with Crippen LogP contribution in [0.1, 0.15) is 10.4 Å². The number of hydrogen-bond donors (Lipinski definition) is 1. The maximum absolute atomic E-state index is 11.8. The molecule has 0 heterocycles. The van der Waals surface area contributed by atoms with Gasteiger partial charge in [0.1, 0.15) is 5.02 Å². The standard InChI is InChI=1S/C11H13ClN2O5/c1-18-10(19-2)6-13-11(15)7-3-4-8(12)9(5-7)14(16)17/h3-5,10H,6H2,1-2H3,(H,13,15). The third kappa shape index (κ3) is 4.16. The number of benzene rings is 1. The lowest BCUT2D eigenvalue weighted by atomic mass is 10.2. The molecule has 19 heavy (non-hydrogen) atoms. The second-order valence-electron chi connectivity index (χ2n) is 3.53. The molecule has 104 valence electrons. The van der Waals surface area contributed by atoms with Crippen molar-refractivity contribution in [1.82, 2.24) is 5.32 Å². The lowest BCUT2D eigenvalue weighted by Crippen LogP contribution is -2.34. The Hall–Kier alpha value is -1.70. The highest BCUT2D eigenvalue weighted by Crippen LogP contribution is 2.24. The summed E-state index contributed by atoms with van der Waals surface area (Å²) in [7, 11) is 2.88. The van der Waals surface area contributed by atoms with Gasteiger partial charge in [0.05, 0.1) is 11.5 Å². The molecule has 0 aliphatic heterocycles. The van der Waals surface area contributed by atoms with Gasteiger partial charge in [0, 0.05) is 25.8 Å². The number of nitrogens with one attached hydrogen (secondary N) is 1. The van der Waals surface area contributed by atoms with Crippen molar-refractivity contribution in [2.24, 2.45) is 0 Å². The van der Waals surface area contributed by atoms with Crippen molar-refractivity contribution in [3.63, 3.8) is 0 Å². The highest BCUT2D eigenvalue weighted by Gasteiger charge is 2.17. The number of carbonyl (C=O) groups is 1. The molecular formula is C11H13ClN2O5. The summed E-state index contributed by atoms with van der Waals surface area (Å²) in [5.74, 6) is -0.473. The zero-order chi connectivity index (χ0) is 14.4. The van der Waals surface area contributed by atoms with Crippen LogP contribution in [0.15, 0.2) is 18.2 Å². The Morgan fingerprint density at radius 3 is 2.63 bits per heavy atom. The van der Waals surface area contributed by atoms with Gasteiger partial charge in [0.2, 0.25) is 0 Å². The highest BCUT2D eigenvalue weighted by atomic mass is 35.5. The van der Waals surface area contributed by atoms with Crippen LogP contribution in [0, 0.1) is 10.1 Å². The molecule has 1 amide bonds. The van der Waals surface area contributed by atoms with Crippen LogP contribution in [0.2, 0.25) is 5.02 Å². The zero-order valence-electron chi connectivity index (χ0n) is 10.4. The minimum Gasteiger partial charge on any atom is -0.354 e. The molecule has 0 saturated heterocycles. The fourth-order valence-electron chi connectivity index (χ4n) is 1.33. The van der Waals surface area contributed by atoms with Gasteiger partial charge in [-0.1, -0.05) is 11.6 Å². The molecule has 0 aliphatic carbocycles. The summed E-state index contributed by atoms with van der Waals surface area (Å²) in [6.45, 7) is 0.127. The number of ether oxygens (including phenoxy) is 2. The smallest absolute Gasteiger partial charge is 0.288 e. The zero-order valence-corrected chi connectivity index (χ0v) is 11.1. The first-order valence-electron chi connectivity index (χ1n) is 5.27. The van der Waals surface area contributed by atoms with E-state index in [4.69, 9.17) is 21.1 Å². The van der Waals surface area contributed by atoms with Crippen molar-refractivity contribution >= 4 is 23.2 Å². The number of nitrogens with zero attached hydrogens (tertiary/aromatic N) is 1. The van der Waals surface area contributed by atoms with Gasteiger partial charge in [-0.05, 0) is 12.1 Å². The maximum atomic E-state index is 11.8. The molecule has 0 saturated carbocycles. The molecule has 1 aromatic carbocycles. The molecule has 1 N–H and O–H groups in total. The predicted molar refractivity (Wildman–Crippen MR) is 68.2 cm³/mol. The Morgan fingerprint density at radius 1 is 1.47 bits per heavy atom. The second kappa shape index (κ2) is 7.03. The van der Waals surface area contributed by atoms with Gasteiger partial charge in [-0.2, -0.15) is 0 Å². The first-order valence-corrected chi connectivity index (χ1v) is 5.65. The summed E-state index contributed by atoms with van der Waals surface area (Å²) in [6.07, 6.45) is -0.578. The molecule has 1 rings (SSSR count). The van der Waals surface area contributed by atoms with Gasteiger partial charge in [-0.25, -0.2) is 0 Å². The summed E-state index contributed by atoms with van der Waals surface area (Å²) < 4.78 is 9.80. The molecule has 0 bridgehead atoms. The molecule has 0 aromatic heterocycles. The molecule has 8 heteroatoms. The quantitative estimate of drug-likeness (QED) is 0.488. The Bertz CT molecular complexity index is 476. The van der Waals surface area contributed by atoms with Crippen LogP contribution in [-0.4, -0.2) is 37.9 Å². The lowest BCUT2D eigenvalue weighted by Gasteiger charge is -2.13. The predicted octanol–water partition coefficient (Wildman–Crippen LogP) is 1.60. The van der Waals surface area contributed by atoms with Crippen molar-refractivity contribution < 1.29 is 19.2 Å². The minimum absolute atomic E-state index is 0.0202. The van der Waals surface area contributed by atoms with Crippen molar-refractivity contribution in [1.29, 1.82) is 0 Å². The Labute approximate surface area is 114 Å². The van der Waals surface area contributed by atoms with Crippen LogP contribution in [0.4, 0.5) is 5.69 Å². The highest BCUT2D eigenvalue weighted by molar-refractivity contribution is 6.32. The number of rotatable bonds is 6. The van der Waals surface area contributed by atoms with E-state index < -0.39 is 17.1 Å².